The lowest BCUT2D eigenvalue weighted by Crippen LogP contribution is -2.07. The average molecular weight is 210 g/mol. The number of anilines is 1. The highest BCUT2D eigenvalue weighted by molar-refractivity contribution is 6.28. The van der Waals surface area contributed by atoms with E-state index in [4.69, 9.17) is 11.6 Å². The lowest BCUT2D eigenvalue weighted by molar-refractivity contribution is 0.888. The number of nitrogens with one attached hydrogen (secondary N) is 1. The van der Waals surface area contributed by atoms with E-state index in [9.17, 15) is 0 Å². The van der Waals surface area contributed by atoms with Gasteiger partial charge in [-0.05, 0) is 24.4 Å². The van der Waals surface area contributed by atoms with Crippen LogP contribution in [0.25, 0.3) is 5.65 Å². The van der Waals surface area contributed by atoms with Crippen LogP contribution in [0.3, 0.4) is 0 Å². The van der Waals surface area contributed by atoms with Gasteiger partial charge in [-0.15, -0.1) is 0 Å². The monoisotopic (exact) mass is 209 g/mol. The molecule has 72 valence electrons. The molecule has 1 N–H and O–H groups in total. The summed E-state index contributed by atoms with van der Waals surface area (Å²) in [5.41, 5.74) is 0.716. The van der Waals surface area contributed by atoms with Gasteiger partial charge in [-0.1, -0.05) is 0 Å². The molecule has 0 aromatic carbocycles. The van der Waals surface area contributed by atoms with Crippen molar-refractivity contribution in [2.75, 3.05) is 5.32 Å². The molecule has 6 heteroatoms. The smallest absolute Gasteiger partial charge is 0.228 e. The minimum absolute atomic E-state index is 0.336. The first kappa shape index (κ1) is 7.99. The molecule has 0 aliphatic heterocycles. The van der Waals surface area contributed by atoms with Crippen LogP contribution in [0.4, 0.5) is 5.95 Å². The van der Waals surface area contributed by atoms with Crippen LogP contribution in [0.1, 0.15) is 12.8 Å². The van der Waals surface area contributed by atoms with E-state index in [-0.39, 0.29) is 0 Å². The van der Waals surface area contributed by atoms with Gasteiger partial charge in [0.25, 0.3) is 0 Å². The molecule has 3 rings (SSSR count). The van der Waals surface area contributed by atoms with Crippen molar-refractivity contribution in [2.24, 2.45) is 0 Å². The molecule has 0 atom stereocenters. The maximum absolute atomic E-state index is 5.92. The summed E-state index contributed by atoms with van der Waals surface area (Å²) >= 11 is 5.92. The molecule has 14 heavy (non-hydrogen) atoms. The van der Waals surface area contributed by atoms with Crippen LogP contribution in [0, 0.1) is 0 Å². The van der Waals surface area contributed by atoms with Gasteiger partial charge in [0.2, 0.25) is 11.2 Å². The summed E-state index contributed by atoms with van der Waals surface area (Å²) in [7, 11) is 0. The summed E-state index contributed by atoms with van der Waals surface area (Å²) in [5.74, 6) is 0.588. The number of hydrogen-bond acceptors (Lipinski definition) is 4. The van der Waals surface area contributed by atoms with Gasteiger partial charge in [0.05, 0.1) is 6.20 Å². The molecule has 0 amide bonds. The molecule has 1 saturated carbocycles. The Morgan fingerprint density at radius 3 is 3.07 bits per heavy atom. The van der Waals surface area contributed by atoms with Crippen molar-refractivity contribution in [3.63, 3.8) is 0 Å². The predicted molar refractivity (Wildman–Crippen MR) is 52.4 cm³/mol. The molecule has 1 fully saturated rings. The largest absolute Gasteiger partial charge is 0.351 e. The Kier molecular flexibility index (Phi) is 1.61. The van der Waals surface area contributed by atoms with E-state index in [0.717, 1.165) is 0 Å². The van der Waals surface area contributed by atoms with Gasteiger partial charge in [0.1, 0.15) is 0 Å². The highest BCUT2D eigenvalue weighted by Gasteiger charge is 2.22. The average Bonchev–Trinajstić information content (AvgIpc) is 2.82. The minimum atomic E-state index is 0.336. The number of aromatic nitrogens is 4. The Labute approximate surface area is 85.1 Å². The minimum Gasteiger partial charge on any atom is -0.351 e. The zero-order chi connectivity index (χ0) is 9.54. The lowest BCUT2D eigenvalue weighted by atomic mass is 10.6. The van der Waals surface area contributed by atoms with Crippen LogP contribution >= 0.6 is 11.6 Å². The quantitative estimate of drug-likeness (QED) is 0.811. The van der Waals surface area contributed by atoms with Gasteiger partial charge in [0.15, 0.2) is 5.65 Å². The van der Waals surface area contributed by atoms with Crippen LogP contribution < -0.4 is 5.32 Å². The van der Waals surface area contributed by atoms with Crippen molar-refractivity contribution >= 4 is 23.2 Å². The van der Waals surface area contributed by atoms with Gasteiger partial charge >= 0.3 is 0 Å². The maximum Gasteiger partial charge on any atom is 0.228 e. The van der Waals surface area contributed by atoms with Crippen LogP contribution in [-0.4, -0.2) is 25.6 Å². The van der Waals surface area contributed by atoms with E-state index < -0.39 is 0 Å². The Bertz CT molecular complexity index is 476. The van der Waals surface area contributed by atoms with Crippen molar-refractivity contribution < 1.29 is 0 Å². The Balaban J connectivity index is 2.06. The van der Waals surface area contributed by atoms with E-state index in [2.05, 4.69) is 20.4 Å². The molecule has 5 nitrogen and oxygen atoms in total. The Morgan fingerprint density at radius 2 is 2.29 bits per heavy atom. The van der Waals surface area contributed by atoms with Crippen LogP contribution in [0.15, 0.2) is 12.3 Å². The van der Waals surface area contributed by atoms with Crippen molar-refractivity contribution in [2.45, 2.75) is 18.9 Å². The van der Waals surface area contributed by atoms with Crippen LogP contribution in [-0.2, 0) is 0 Å². The molecule has 1 aliphatic rings. The van der Waals surface area contributed by atoms with E-state index in [0.29, 0.717) is 22.9 Å². The molecule has 2 heterocycles. The van der Waals surface area contributed by atoms with E-state index in [1.165, 1.54) is 17.4 Å². The number of halogens is 1. The number of nitrogens with zero attached hydrogens (tertiary/aromatic N) is 4. The zero-order valence-electron chi connectivity index (χ0n) is 7.31. The fraction of sp³-hybridized carbons (Fsp3) is 0.375. The van der Waals surface area contributed by atoms with Crippen molar-refractivity contribution in [3.05, 3.63) is 17.5 Å². The number of rotatable bonds is 2. The van der Waals surface area contributed by atoms with Crippen LogP contribution in [0.2, 0.25) is 5.28 Å². The standard InChI is InChI=1S/C8H8ClN5/c9-7-13-8(11-5-1-2-5)12-6-3-4-10-14(6)7/h3-5H,1-2H2,(H,11,12). The molecule has 1 aliphatic carbocycles. The maximum atomic E-state index is 5.92. The molecular formula is C8H8ClN5. The van der Waals surface area contributed by atoms with Crippen molar-refractivity contribution in [3.8, 4) is 0 Å². The van der Waals surface area contributed by atoms with E-state index in [1.807, 2.05) is 0 Å². The number of fused-ring (bicyclic) bond motifs is 1. The van der Waals surface area contributed by atoms with Gasteiger partial charge < -0.3 is 5.32 Å². The molecule has 2 aromatic rings. The predicted octanol–water partition coefficient (Wildman–Crippen LogP) is 1.35. The van der Waals surface area contributed by atoms with E-state index in [1.54, 1.807) is 12.3 Å². The topological polar surface area (TPSA) is 55.1 Å². The summed E-state index contributed by atoms with van der Waals surface area (Å²) in [5, 5.41) is 7.51. The van der Waals surface area contributed by atoms with Crippen molar-refractivity contribution in [1.82, 2.24) is 19.6 Å². The summed E-state index contributed by atoms with van der Waals surface area (Å²) in [4.78, 5) is 8.37. The van der Waals surface area contributed by atoms with Crippen molar-refractivity contribution in [1.29, 1.82) is 0 Å². The summed E-state index contributed by atoms with van der Waals surface area (Å²) < 4.78 is 1.50. The SMILES string of the molecule is Clc1nc(NC2CC2)nc2ccnn12. The number of hydrogen-bond donors (Lipinski definition) is 1. The summed E-state index contributed by atoms with van der Waals surface area (Å²) in [6.07, 6.45) is 4.02. The second kappa shape index (κ2) is 2.81. The molecule has 0 spiro atoms. The normalized spacial score (nSPS) is 16.1. The molecule has 0 bridgehead atoms. The Hall–Kier alpha value is -1.36. The van der Waals surface area contributed by atoms with Gasteiger partial charge in [0, 0.05) is 12.1 Å². The molecule has 0 saturated heterocycles. The first-order valence-corrected chi connectivity index (χ1v) is 4.84. The first-order valence-electron chi connectivity index (χ1n) is 4.47. The zero-order valence-corrected chi connectivity index (χ0v) is 8.07. The second-order valence-corrected chi connectivity index (χ2v) is 3.67. The van der Waals surface area contributed by atoms with E-state index >= 15 is 0 Å². The fourth-order valence-corrected chi connectivity index (χ4v) is 1.48. The van der Waals surface area contributed by atoms with Crippen LogP contribution in [0.5, 0.6) is 0 Å². The second-order valence-electron chi connectivity index (χ2n) is 3.34. The fourth-order valence-electron chi connectivity index (χ4n) is 1.27. The third kappa shape index (κ3) is 1.29. The third-order valence-corrected chi connectivity index (χ3v) is 2.37. The molecule has 0 unspecified atom stereocenters. The highest BCUT2D eigenvalue weighted by atomic mass is 35.5. The molecule has 0 radical (unpaired) electrons. The first-order chi connectivity index (χ1) is 6.83. The molecule has 2 aromatic heterocycles. The highest BCUT2D eigenvalue weighted by Crippen LogP contribution is 2.23. The summed E-state index contributed by atoms with van der Waals surface area (Å²) in [6, 6.07) is 2.32. The third-order valence-electron chi connectivity index (χ3n) is 2.13. The van der Waals surface area contributed by atoms with Gasteiger partial charge in [-0.2, -0.15) is 19.6 Å². The molecular weight excluding hydrogens is 202 g/mol. The summed E-state index contributed by atoms with van der Waals surface area (Å²) in [6.45, 7) is 0. The van der Waals surface area contributed by atoms with Gasteiger partial charge in [-0.3, -0.25) is 0 Å². The lowest BCUT2D eigenvalue weighted by Gasteiger charge is -2.03. The Morgan fingerprint density at radius 1 is 1.43 bits per heavy atom. The van der Waals surface area contributed by atoms with Gasteiger partial charge in [-0.25, -0.2) is 0 Å².